The van der Waals surface area contributed by atoms with Crippen molar-refractivity contribution in [3.63, 3.8) is 0 Å². The third-order valence-electron chi connectivity index (χ3n) is 2.51. The summed E-state index contributed by atoms with van der Waals surface area (Å²) in [6, 6.07) is 0. The maximum atomic E-state index is 4.68. The van der Waals surface area contributed by atoms with Crippen molar-refractivity contribution >= 4 is 29.3 Å². The molecule has 94 valence electrons. The molecule has 1 aliphatic heterocycles. The van der Waals surface area contributed by atoms with Crippen molar-refractivity contribution in [2.45, 2.75) is 43.3 Å². The summed E-state index contributed by atoms with van der Waals surface area (Å²) in [5.74, 6) is 5.03. The highest BCUT2D eigenvalue weighted by atomic mass is 32.2. The van der Waals surface area contributed by atoms with E-state index in [9.17, 15) is 0 Å². The highest BCUT2D eigenvalue weighted by Gasteiger charge is 2.19. The van der Waals surface area contributed by atoms with E-state index in [1.807, 2.05) is 23.5 Å². The van der Waals surface area contributed by atoms with Gasteiger partial charge in [-0.05, 0) is 12.2 Å². The number of nitrogens with zero attached hydrogens (tertiary/aromatic N) is 2. The summed E-state index contributed by atoms with van der Waals surface area (Å²) in [7, 11) is 0. The largest absolute Gasteiger partial charge is 0.370 e. The molecule has 0 bridgehead atoms. The molecule has 0 amide bonds. The van der Waals surface area contributed by atoms with Gasteiger partial charge in [0, 0.05) is 23.6 Å². The minimum atomic E-state index is 0.629. The van der Waals surface area contributed by atoms with Gasteiger partial charge < -0.3 is 5.32 Å². The van der Waals surface area contributed by atoms with Crippen LogP contribution in [0.5, 0.6) is 0 Å². The van der Waals surface area contributed by atoms with Crippen molar-refractivity contribution in [1.29, 1.82) is 0 Å². The molecule has 0 saturated carbocycles. The van der Waals surface area contributed by atoms with E-state index in [1.165, 1.54) is 11.3 Å². The van der Waals surface area contributed by atoms with Crippen LogP contribution in [0, 0.1) is 0 Å². The second kappa shape index (κ2) is 5.96. The molecular weight excluding hydrogens is 250 g/mol. The van der Waals surface area contributed by atoms with E-state index in [0.717, 1.165) is 35.4 Å². The van der Waals surface area contributed by atoms with Crippen molar-refractivity contribution in [1.82, 2.24) is 9.97 Å². The van der Waals surface area contributed by atoms with Crippen LogP contribution in [-0.2, 0) is 17.3 Å². The van der Waals surface area contributed by atoms with Gasteiger partial charge in [0.15, 0.2) is 0 Å². The van der Waals surface area contributed by atoms with Gasteiger partial charge in [-0.25, -0.2) is 9.97 Å². The van der Waals surface area contributed by atoms with Gasteiger partial charge in [-0.2, -0.15) is 23.5 Å². The number of anilines is 1. The van der Waals surface area contributed by atoms with E-state index in [-0.39, 0.29) is 0 Å². The molecule has 0 spiro atoms. The zero-order chi connectivity index (χ0) is 12.3. The van der Waals surface area contributed by atoms with E-state index in [1.54, 1.807) is 0 Å². The lowest BCUT2D eigenvalue weighted by atomic mass is 10.2. The molecule has 1 aromatic heterocycles. The van der Waals surface area contributed by atoms with Crippen LogP contribution < -0.4 is 5.32 Å². The van der Waals surface area contributed by atoms with Crippen LogP contribution >= 0.6 is 23.5 Å². The second-order valence-electron chi connectivity index (χ2n) is 4.30. The number of nitrogens with one attached hydrogen (secondary N) is 1. The van der Waals surface area contributed by atoms with E-state index in [4.69, 9.17) is 0 Å². The van der Waals surface area contributed by atoms with Crippen molar-refractivity contribution in [2.75, 3.05) is 11.9 Å². The Balaban J connectivity index is 2.20. The quantitative estimate of drug-likeness (QED) is 0.888. The van der Waals surface area contributed by atoms with Gasteiger partial charge in [-0.15, -0.1) is 0 Å². The van der Waals surface area contributed by atoms with Crippen LogP contribution in [0.25, 0.3) is 0 Å². The first-order valence-corrected chi connectivity index (χ1v) is 8.23. The Kier molecular flexibility index (Phi) is 4.56. The Morgan fingerprint density at radius 1 is 1.35 bits per heavy atom. The highest BCUT2D eigenvalue weighted by Crippen LogP contribution is 2.33. The molecule has 1 aromatic rings. The van der Waals surface area contributed by atoms with E-state index in [2.05, 4.69) is 36.1 Å². The molecule has 1 aliphatic rings. The van der Waals surface area contributed by atoms with Crippen molar-refractivity contribution in [3.8, 4) is 0 Å². The highest BCUT2D eigenvalue weighted by molar-refractivity contribution is 7.99. The van der Waals surface area contributed by atoms with Gasteiger partial charge in [0.05, 0.1) is 11.4 Å². The average Bonchev–Trinajstić information content (AvgIpc) is 2.75. The summed E-state index contributed by atoms with van der Waals surface area (Å²) >= 11 is 3.82. The van der Waals surface area contributed by atoms with Gasteiger partial charge in [-0.1, -0.05) is 13.8 Å². The van der Waals surface area contributed by atoms with Crippen molar-refractivity contribution < 1.29 is 0 Å². The van der Waals surface area contributed by atoms with E-state index >= 15 is 0 Å². The maximum Gasteiger partial charge on any atom is 0.140 e. The SMILES string of the molecule is CCNc1nc(CSC(C)C)nc2c1CSC2. The first kappa shape index (κ1) is 13.0. The molecule has 0 unspecified atom stereocenters. The number of aromatic nitrogens is 2. The third kappa shape index (κ3) is 3.28. The van der Waals surface area contributed by atoms with Crippen LogP contribution in [0.15, 0.2) is 0 Å². The zero-order valence-corrected chi connectivity index (χ0v) is 12.2. The molecule has 2 heterocycles. The minimum absolute atomic E-state index is 0.629. The maximum absolute atomic E-state index is 4.68. The van der Waals surface area contributed by atoms with Crippen LogP contribution in [-0.4, -0.2) is 21.8 Å². The predicted molar refractivity (Wildman–Crippen MR) is 77.6 cm³/mol. The molecule has 0 atom stereocenters. The predicted octanol–water partition coefficient (Wildman–Crippen LogP) is 3.30. The molecule has 0 radical (unpaired) electrons. The number of rotatable bonds is 5. The molecule has 5 heteroatoms. The monoisotopic (exact) mass is 269 g/mol. The molecule has 3 nitrogen and oxygen atoms in total. The lowest BCUT2D eigenvalue weighted by Crippen LogP contribution is -2.08. The molecule has 2 rings (SSSR count). The lowest BCUT2D eigenvalue weighted by Gasteiger charge is -2.11. The van der Waals surface area contributed by atoms with Crippen LogP contribution in [0.3, 0.4) is 0 Å². The van der Waals surface area contributed by atoms with Crippen LogP contribution in [0.2, 0.25) is 0 Å². The molecule has 17 heavy (non-hydrogen) atoms. The molecule has 1 N–H and O–H groups in total. The first-order valence-electron chi connectivity index (χ1n) is 6.02. The lowest BCUT2D eigenvalue weighted by molar-refractivity contribution is 0.961. The number of hydrogen-bond acceptors (Lipinski definition) is 5. The van der Waals surface area contributed by atoms with Gasteiger partial charge in [0.2, 0.25) is 0 Å². The van der Waals surface area contributed by atoms with E-state index in [0.29, 0.717) is 5.25 Å². The van der Waals surface area contributed by atoms with Crippen LogP contribution in [0.1, 0.15) is 37.9 Å². The van der Waals surface area contributed by atoms with Crippen molar-refractivity contribution in [3.05, 3.63) is 17.1 Å². The Bertz CT molecular complexity index is 394. The third-order valence-corrected chi connectivity index (χ3v) is 4.58. The molecule has 0 aromatic carbocycles. The fourth-order valence-corrected chi connectivity index (χ4v) is 3.37. The van der Waals surface area contributed by atoms with Crippen LogP contribution in [0.4, 0.5) is 5.82 Å². The Morgan fingerprint density at radius 2 is 2.18 bits per heavy atom. The molecule has 0 saturated heterocycles. The van der Waals surface area contributed by atoms with Crippen molar-refractivity contribution in [2.24, 2.45) is 0 Å². The fourth-order valence-electron chi connectivity index (χ4n) is 1.72. The number of hydrogen-bond donors (Lipinski definition) is 1. The van der Waals surface area contributed by atoms with Gasteiger partial charge in [-0.3, -0.25) is 0 Å². The summed E-state index contributed by atoms with van der Waals surface area (Å²) in [4.78, 5) is 9.33. The van der Waals surface area contributed by atoms with E-state index < -0.39 is 0 Å². The number of fused-ring (bicyclic) bond motifs is 1. The summed E-state index contributed by atoms with van der Waals surface area (Å²) in [6.45, 7) is 7.45. The summed E-state index contributed by atoms with van der Waals surface area (Å²) in [5.41, 5.74) is 2.55. The minimum Gasteiger partial charge on any atom is -0.370 e. The standard InChI is InChI=1S/C12H19N3S2/c1-4-13-12-9-5-16-6-10(9)14-11(15-12)7-17-8(2)3/h8H,4-7H2,1-3H3,(H,13,14,15). The fraction of sp³-hybridized carbons (Fsp3) is 0.667. The average molecular weight is 269 g/mol. The molecule has 0 aliphatic carbocycles. The first-order chi connectivity index (χ1) is 8.20. The number of thioether (sulfide) groups is 2. The topological polar surface area (TPSA) is 37.8 Å². The Hall–Kier alpha value is -0.420. The van der Waals surface area contributed by atoms with Gasteiger partial charge in [0.25, 0.3) is 0 Å². The zero-order valence-electron chi connectivity index (χ0n) is 10.6. The van der Waals surface area contributed by atoms with Gasteiger partial charge >= 0.3 is 0 Å². The Morgan fingerprint density at radius 3 is 2.88 bits per heavy atom. The van der Waals surface area contributed by atoms with Gasteiger partial charge in [0.1, 0.15) is 11.6 Å². The smallest absolute Gasteiger partial charge is 0.140 e. The molecule has 0 fully saturated rings. The normalized spacial score (nSPS) is 14.1. The Labute approximate surface area is 112 Å². The summed E-state index contributed by atoms with van der Waals surface area (Å²) < 4.78 is 0. The summed E-state index contributed by atoms with van der Waals surface area (Å²) in [6.07, 6.45) is 0. The molecular formula is C12H19N3S2. The second-order valence-corrected chi connectivity index (χ2v) is 6.85. The summed E-state index contributed by atoms with van der Waals surface area (Å²) in [5, 5.41) is 3.99.